The molecule has 0 fully saturated rings. The van der Waals surface area contributed by atoms with Gasteiger partial charge in [-0.3, -0.25) is 9.48 Å². The summed E-state index contributed by atoms with van der Waals surface area (Å²) >= 11 is 0. The van der Waals surface area contributed by atoms with Crippen LogP contribution in [0.25, 0.3) is 0 Å². The van der Waals surface area contributed by atoms with Crippen LogP contribution in [0.4, 0.5) is 0 Å². The number of carbonyl (C=O) groups excluding carboxylic acids is 1. The van der Waals surface area contributed by atoms with Gasteiger partial charge < -0.3 is 10.2 Å². The summed E-state index contributed by atoms with van der Waals surface area (Å²) in [6.07, 6.45) is 4.64. The summed E-state index contributed by atoms with van der Waals surface area (Å²) in [4.78, 5) is 14.3. The first-order chi connectivity index (χ1) is 9.08. The number of nitrogens with one attached hydrogen (secondary N) is 1. The van der Waals surface area contributed by atoms with Gasteiger partial charge in [0, 0.05) is 12.7 Å². The normalized spacial score (nSPS) is 12.7. The topological polar surface area (TPSA) is 50.2 Å². The minimum Gasteiger partial charge on any atom is -0.354 e. The quantitative estimate of drug-likeness (QED) is 0.727. The lowest BCUT2D eigenvalue weighted by atomic mass is 10.3. The van der Waals surface area contributed by atoms with E-state index >= 15 is 0 Å². The summed E-state index contributed by atoms with van der Waals surface area (Å²) in [6, 6.07) is -0.248. The Morgan fingerprint density at radius 1 is 1.47 bits per heavy atom. The molecule has 0 saturated heterocycles. The molecule has 1 heterocycles. The largest absolute Gasteiger partial charge is 0.354 e. The van der Waals surface area contributed by atoms with Crippen molar-refractivity contribution in [1.29, 1.82) is 0 Å². The van der Waals surface area contributed by atoms with Crippen molar-refractivity contribution < 1.29 is 4.79 Å². The second-order valence-electron chi connectivity index (χ2n) is 4.85. The van der Waals surface area contributed by atoms with Crippen LogP contribution in [-0.4, -0.2) is 46.8 Å². The molecule has 1 rings (SSSR count). The van der Waals surface area contributed by atoms with Gasteiger partial charge in [-0.2, -0.15) is 5.10 Å². The lowest BCUT2D eigenvalue weighted by Gasteiger charge is -2.18. The number of hydrogen-bond acceptors (Lipinski definition) is 3. The van der Waals surface area contributed by atoms with Gasteiger partial charge in [-0.1, -0.05) is 13.8 Å². The van der Waals surface area contributed by atoms with Gasteiger partial charge in [0.2, 0.25) is 5.91 Å². The fourth-order valence-corrected chi connectivity index (χ4v) is 1.97. The van der Waals surface area contributed by atoms with Crippen LogP contribution in [0, 0.1) is 6.92 Å². The van der Waals surface area contributed by atoms with E-state index in [0.29, 0.717) is 0 Å². The van der Waals surface area contributed by atoms with E-state index in [9.17, 15) is 4.79 Å². The molecule has 1 N–H and O–H groups in total. The van der Waals surface area contributed by atoms with Gasteiger partial charge in [0.1, 0.15) is 6.04 Å². The van der Waals surface area contributed by atoms with Gasteiger partial charge in [0.25, 0.3) is 0 Å². The zero-order valence-electron chi connectivity index (χ0n) is 12.5. The Kier molecular flexibility index (Phi) is 6.56. The third-order valence-electron chi connectivity index (χ3n) is 3.35. The lowest BCUT2D eigenvalue weighted by molar-refractivity contribution is -0.124. The summed E-state index contributed by atoms with van der Waals surface area (Å²) < 4.78 is 1.70. The molecule has 5 heteroatoms. The summed E-state index contributed by atoms with van der Waals surface area (Å²) in [5, 5.41) is 7.13. The Bertz CT molecular complexity index is 385. The van der Waals surface area contributed by atoms with Gasteiger partial charge in [0.15, 0.2) is 0 Å². The van der Waals surface area contributed by atoms with Crippen molar-refractivity contribution in [2.24, 2.45) is 0 Å². The van der Waals surface area contributed by atoms with Crippen LogP contribution in [-0.2, 0) is 4.79 Å². The van der Waals surface area contributed by atoms with Crippen LogP contribution in [0.2, 0.25) is 0 Å². The number of hydrogen-bond donors (Lipinski definition) is 1. The highest BCUT2D eigenvalue weighted by Crippen LogP contribution is 2.05. The second-order valence-corrected chi connectivity index (χ2v) is 4.85. The van der Waals surface area contributed by atoms with Crippen molar-refractivity contribution in [3.05, 3.63) is 18.0 Å². The number of nitrogens with zero attached hydrogens (tertiary/aromatic N) is 3. The molecule has 0 radical (unpaired) electrons. The van der Waals surface area contributed by atoms with E-state index in [1.165, 1.54) is 0 Å². The van der Waals surface area contributed by atoms with E-state index in [1.807, 2.05) is 20.0 Å². The van der Waals surface area contributed by atoms with Gasteiger partial charge >= 0.3 is 0 Å². The third-order valence-corrected chi connectivity index (χ3v) is 3.35. The minimum atomic E-state index is -0.248. The fraction of sp³-hybridized carbons (Fsp3) is 0.714. The maximum absolute atomic E-state index is 12.0. The van der Waals surface area contributed by atoms with Crippen molar-refractivity contribution in [3.63, 3.8) is 0 Å². The van der Waals surface area contributed by atoms with Crippen molar-refractivity contribution in [3.8, 4) is 0 Å². The standard InChI is InChI=1S/C14H26N4O/c1-5-17(6-2)9-7-8-15-14(19)13(4)18-11-12(3)10-16-18/h10-11,13H,5-9H2,1-4H3,(H,15,19). The molecule has 1 amide bonds. The SMILES string of the molecule is CCN(CC)CCCNC(=O)C(C)n1cc(C)cn1. The summed E-state index contributed by atoms with van der Waals surface area (Å²) in [6.45, 7) is 12.0. The maximum atomic E-state index is 12.0. The Morgan fingerprint density at radius 2 is 2.16 bits per heavy atom. The zero-order valence-corrected chi connectivity index (χ0v) is 12.5. The first kappa shape index (κ1) is 15.7. The molecule has 0 aliphatic heterocycles. The van der Waals surface area contributed by atoms with Gasteiger partial charge in [0.05, 0.1) is 6.20 Å². The summed E-state index contributed by atoms with van der Waals surface area (Å²) in [5.74, 6) is 0.0302. The fourth-order valence-electron chi connectivity index (χ4n) is 1.97. The van der Waals surface area contributed by atoms with Gasteiger partial charge in [-0.15, -0.1) is 0 Å². The molecule has 1 atom stereocenters. The number of amides is 1. The molecule has 1 unspecified atom stereocenters. The summed E-state index contributed by atoms with van der Waals surface area (Å²) in [7, 11) is 0. The average Bonchev–Trinajstić information content (AvgIpc) is 2.84. The Labute approximate surface area is 116 Å². The minimum absolute atomic E-state index is 0.0302. The van der Waals surface area contributed by atoms with Crippen LogP contribution in [0.15, 0.2) is 12.4 Å². The molecular weight excluding hydrogens is 240 g/mol. The first-order valence-corrected chi connectivity index (χ1v) is 7.09. The maximum Gasteiger partial charge on any atom is 0.244 e. The number of rotatable bonds is 8. The number of aromatic nitrogens is 2. The molecule has 0 saturated carbocycles. The second kappa shape index (κ2) is 7.94. The van der Waals surface area contributed by atoms with Crippen LogP contribution in [0.1, 0.15) is 38.8 Å². The van der Waals surface area contributed by atoms with Crippen LogP contribution >= 0.6 is 0 Å². The van der Waals surface area contributed by atoms with E-state index in [-0.39, 0.29) is 11.9 Å². The Balaban J connectivity index is 2.27. The molecule has 0 bridgehead atoms. The van der Waals surface area contributed by atoms with Crippen molar-refractivity contribution in [2.75, 3.05) is 26.2 Å². The van der Waals surface area contributed by atoms with Crippen LogP contribution < -0.4 is 5.32 Å². The Hall–Kier alpha value is -1.36. The van der Waals surface area contributed by atoms with Gasteiger partial charge in [-0.25, -0.2) is 0 Å². The van der Waals surface area contributed by atoms with E-state index in [4.69, 9.17) is 0 Å². The molecule has 5 nitrogen and oxygen atoms in total. The average molecular weight is 266 g/mol. The van der Waals surface area contributed by atoms with E-state index in [2.05, 4.69) is 29.2 Å². The van der Waals surface area contributed by atoms with E-state index in [0.717, 1.165) is 38.2 Å². The lowest BCUT2D eigenvalue weighted by Crippen LogP contribution is -2.34. The predicted octanol–water partition coefficient (Wildman–Crippen LogP) is 1.60. The highest BCUT2D eigenvalue weighted by atomic mass is 16.2. The highest BCUT2D eigenvalue weighted by Gasteiger charge is 2.14. The van der Waals surface area contributed by atoms with Gasteiger partial charge in [-0.05, 0) is 45.5 Å². The molecule has 0 aliphatic rings. The summed E-state index contributed by atoms with van der Waals surface area (Å²) in [5.41, 5.74) is 1.07. The first-order valence-electron chi connectivity index (χ1n) is 7.09. The predicted molar refractivity (Wildman–Crippen MR) is 77.1 cm³/mol. The van der Waals surface area contributed by atoms with Crippen LogP contribution in [0.3, 0.4) is 0 Å². The number of aryl methyl sites for hydroxylation is 1. The zero-order chi connectivity index (χ0) is 14.3. The molecular formula is C14H26N4O. The smallest absolute Gasteiger partial charge is 0.244 e. The highest BCUT2D eigenvalue weighted by molar-refractivity contribution is 5.79. The molecule has 0 spiro atoms. The molecule has 1 aromatic heterocycles. The van der Waals surface area contributed by atoms with Crippen molar-refractivity contribution in [2.45, 2.75) is 40.2 Å². The number of carbonyl (C=O) groups is 1. The monoisotopic (exact) mass is 266 g/mol. The van der Waals surface area contributed by atoms with E-state index < -0.39 is 0 Å². The van der Waals surface area contributed by atoms with E-state index in [1.54, 1.807) is 10.9 Å². The molecule has 19 heavy (non-hydrogen) atoms. The van der Waals surface area contributed by atoms with Crippen molar-refractivity contribution in [1.82, 2.24) is 20.0 Å². The molecule has 0 aromatic carbocycles. The molecule has 108 valence electrons. The van der Waals surface area contributed by atoms with Crippen LogP contribution in [0.5, 0.6) is 0 Å². The third kappa shape index (κ3) is 5.03. The molecule has 1 aromatic rings. The Morgan fingerprint density at radius 3 is 2.68 bits per heavy atom. The van der Waals surface area contributed by atoms with Crippen molar-refractivity contribution >= 4 is 5.91 Å². The molecule has 0 aliphatic carbocycles.